The first-order valence-electron chi connectivity index (χ1n) is 4.59. The highest BCUT2D eigenvalue weighted by Crippen LogP contribution is 2.57. The molecule has 146 valence electrons. The fourth-order valence-electron chi connectivity index (χ4n) is 0.795. The summed E-state index contributed by atoms with van der Waals surface area (Å²) < 4.78 is 174. The Morgan fingerprint density at radius 1 is 0.708 bits per heavy atom. The summed E-state index contributed by atoms with van der Waals surface area (Å²) in [5.74, 6) is -14.6. The molecular formula is C6HF12IO4S. The van der Waals surface area contributed by atoms with Gasteiger partial charge in [-0.3, -0.25) is 4.55 Å². The Hall–Kier alpha value is -0.240. The molecule has 0 aromatic heterocycles. The molecule has 0 aromatic carbocycles. The molecule has 18 heteroatoms. The molecule has 0 spiro atoms. The lowest BCUT2D eigenvalue weighted by Crippen LogP contribution is -2.64. The van der Waals surface area contributed by atoms with Gasteiger partial charge in [-0.25, -0.2) is 4.74 Å². The molecule has 0 aliphatic rings. The van der Waals surface area contributed by atoms with Crippen LogP contribution in [-0.4, -0.2) is 46.2 Å². The van der Waals surface area contributed by atoms with Crippen LogP contribution in [0.4, 0.5) is 52.7 Å². The minimum absolute atomic E-state index is 0.773. The zero-order chi connectivity index (χ0) is 20.2. The van der Waals surface area contributed by atoms with Crippen LogP contribution in [0.2, 0.25) is 0 Å². The lowest BCUT2D eigenvalue weighted by atomic mass is 10.1. The van der Waals surface area contributed by atoms with Gasteiger partial charge < -0.3 is 0 Å². The van der Waals surface area contributed by atoms with Crippen LogP contribution >= 0.6 is 22.6 Å². The summed E-state index contributed by atoms with van der Waals surface area (Å²) in [6, 6.07) is 0. The van der Waals surface area contributed by atoms with E-state index in [9.17, 15) is 61.1 Å². The predicted octanol–water partition coefficient (Wildman–Crippen LogP) is 3.97. The van der Waals surface area contributed by atoms with Crippen LogP contribution in [-0.2, 0) is 14.9 Å². The Bertz CT molecular complexity index is 581. The van der Waals surface area contributed by atoms with E-state index in [1.807, 2.05) is 0 Å². The number of alkyl halides is 13. The average Bonchev–Trinajstić information content (AvgIpc) is 2.23. The summed E-state index contributed by atoms with van der Waals surface area (Å²) in [5, 5.41) is -7.01. The van der Waals surface area contributed by atoms with Crippen LogP contribution in [0, 0.1) is 0 Å². The zero-order valence-corrected chi connectivity index (χ0v) is 13.0. The standard InChI is InChI=1S/C6HF12IO4S/c7-1(8,3(11,12)19)2(9,10)4(13,14)23-5(15,16)6(17,18)24(20,21)22/h(H,20,21,22). The monoisotopic (exact) mass is 524 g/mol. The number of hydrogen-bond acceptors (Lipinski definition) is 3. The largest absolute Gasteiger partial charge is 0.460 e. The molecule has 0 radical (unpaired) electrons. The third-order valence-corrected chi connectivity index (χ3v) is 3.60. The van der Waals surface area contributed by atoms with Crippen molar-refractivity contribution in [2.45, 2.75) is 33.2 Å². The van der Waals surface area contributed by atoms with Crippen molar-refractivity contribution in [1.29, 1.82) is 0 Å². The predicted molar refractivity (Wildman–Crippen MR) is 56.3 cm³/mol. The molecule has 0 aromatic rings. The summed E-state index contributed by atoms with van der Waals surface area (Å²) in [5.41, 5.74) is 0. The third kappa shape index (κ3) is 3.64. The van der Waals surface area contributed by atoms with Gasteiger partial charge in [0, 0.05) is 22.6 Å². The van der Waals surface area contributed by atoms with E-state index in [-0.39, 0.29) is 0 Å². The maximum Gasteiger partial charge on any atom is 0.460 e. The van der Waals surface area contributed by atoms with Gasteiger partial charge in [0.15, 0.2) is 0 Å². The second-order valence-electron chi connectivity index (χ2n) is 3.77. The lowest BCUT2D eigenvalue weighted by Gasteiger charge is -2.36. The summed E-state index contributed by atoms with van der Waals surface area (Å²) >= 11 is -0.773. The van der Waals surface area contributed by atoms with E-state index in [0.29, 0.717) is 0 Å². The summed E-state index contributed by atoms with van der Waals surface area (Å²) in [4.78, 5) is 0. The zero-order valence-electron chi connectivity index (χ0n) is 9.99. The van der Waals surface area contributed by atoms with E-state index in [2.05, 4.69) is 0 Å². The van der Waals surface area contributed by atoms with Gasteiger partial charge in [-0.1, -0.05) is 0 Å². The molecule has 0 rings (SSSR count). The van der Waals surface area contributed by atoms with Crippen molar-refractivity contribution in [3.8, 4) is 0 Å². The first-order valence-corrected chi connectivity index (χ1v) is 7.10. The molecular weight excluding hydrogens is 523 g/mol. The van der Waals surface area contributed by atoms with Gasteiger partial charge in [0.2, 0.25) is 0 Å². The van der Waals surface area contributed by atoms with Gasteiger partial charge in [0.25, 0.3) is 0 Å². The molecule has 0 aliphatic heterocycles. The van der Waals surface area contributed by atoms with Crippen molar-refractivity contribution in [3.63, 3.8) is 0 Å². The van der Waals surface area contributed by atoms with Crippen LogP contribution in [0.1, 0.15) is 0 Å². The minimum atomic E-state index is -7.51. The molecule has 24 heavy (non-hydrogen) atoms. The maximum atomic E-state index is 12.8. The first-order chi connectivity index (χ1) is 9.96. The summed E-state index contributed by atoms with van der Waals surface area (Å²) in [7, 11) is -7.27. The smallest absolute Gasteiger partial charge is 0.281 e. The van der Waals surface area contributed by atoms with Crippen LogP contribution in [0.5, 0.6) is 0 Å². The Balaban J connectivity index is 6.04. The fraction of sp³-hybridized carbons (Fsp3) is 1.00. The maximum absolute atomic E-state index is 12.8. The lowest BCUT2D eigenvalue weighted by molar-refractivity contribution is -0.483. The molecule has 0 fully saturated rings. The average molecular weight is 524 g/mol. The number of halogens is 13. The quantitative estimate of drug-likeness (QED) is 0.237. The van der Waals surface area contributed by atoms with Crippen LogP contribution in [0.25, 0.3) is 0 Å². The topological polar surface area (TPSA) is 63.6 Å². The molecule has 0 amide bonds. The molecule has 4 nitrogen and oxygen atoms in total. The van der Waals surface area contributed by atoms with E-state index in [0.717, 1.165) is 0 Å². The van der Waals surface area contributed by atoms with E-state index >= 15 is 0 Å². The molecule has 0 saturated heterocycles. The van der Waals surface area contributed by atoms with Gasteiger partial charge in [-0.15, -0.1) is 0 Å². The van der Waals surface area contributed by atoms with Crippen LogP contribution in [0.15, 0.2) is 0 Å². The Morgan fingerprint density at radius 2 is 1.04 bits per heavy atom. The van der Waals surface area contributed by atoms with Gasteiger partial charge in [-0.2, -0.15) is 61.1 Å². The SMILES string of the molecule is O=S(=O)(O)C(F)(F)C(F)(F)OC(F)(F)C(F)(F)C(F)(F)C(F)(F)I. The highest BCUT2D eigenvalue weighted by molar-refractivity contribution is 14.1. The van der Waals surface area contributed by atoms with Gasteiger partial charge in [-0.05, 0) is 0 Å². The number of rotatable bonds is 7. The third-order valence-electron chi connectivity index (χ3n) is 2.04. The second-order valence-corrected chi connectivity index (χ2v) is 6.59. The summed E-state index contributed by atoms with van der Waals surface area (Å²) in [6.07, 6.45) is -14.6. The van der Waals surface area contributed by atoms with Gasteiger partial charge in [0.05, 0.1) is 0 Å². The van der Waals surface area contributed by atoms with Crippen molar-refractivity contribution in [1.82, 2.24) is 0 Å². The molecule has 0 atom stereocenters. The normalized spacial score (nSPS) is 16.4. The van der Waals surface area contributed by atoms with E-state index in [4.69, 9.17) is 4.55 Å². The first kappa shape index (κ1) is 23.8. The van der Waals surface area contributed by atoms with Crippen molar-refractivity contribution >= 4 is 32.7 Å². The summed E-state index contributed by atoms with van der Waals surface area (Å²) in [6.45, 7) is 0. The molecule has 0 saturated carbocycles. The highest BCUT2D eigenvalue weighted by atomic mass is 127. The minimum Gasteiger partial charge on any atom is -0.281 e. The van der Waals surface area contributed by atoms with E-state index in [1.54, 1.807) is 0 Å². The van der Waals surface area contributed by atoms with Crippen molar-refractivity contribution in [2.24, 2.45) is 0 Å². The Kier molecular flexibility index (Phi) is 5.84. The molecule has 0 aliphatic carbocycles. The van der Waals surface area contributed by atoms with E-state index in [1.165, 1.54) is 4.74 Å². The van der Waals surface area contributed by atoms with Crippen LogP contribution in [0.3, 0.4) is 0 Å². The number of hydrogen-bond donors (Lipinski definition) is 1. The molecule has 0 unspecified atom stereocenters. The van der Waals surface area contributed by atoms with Gasteiger partial charge in [0.1, 0.15) is 0 Å². The van der Waals surface area contributed by atoms with Crippen molar-refractivity contribution in [2.75, 3.05) is 0 Å². The molecule has 0 bridgehead atoms. The van der Waals surface area contributed by atoms with Crippen molar-refractivity contribution in [3.05, 3.63) is 0 Å². The van der Waals surface area contributed by atoms with Gasteiger partial charge >= 0.3 is 43.4 Å². The van der Waals surface area contributed by atoms with Crippen LogP contribution < -0.4 is 0 Å². The number of ether oxygens (including phenoxy) is 1. The molecule has 1 N–H and O–H groups in total. The Labute approximate surface area is 137 Å². The van der Waals surface area contributed by atoms with E-state index < -0.39 is 66.0 Å². The molecule has 0 heterocycles. The highest BCUT2D eigenvalue weighted by Gasteiger charge is 2.84. The van der Waals surface area contributed by atoms with Crippen molar-refractivity contribution < 1.29 is 70.4 Å². The second kappa shape index (κ2) is 5.89. The Morgan fingerprint density at radius 3 is 1.29 bits per heavy atom. The fourth-order valence-corrected chi connectivity index (χ4v) is 1.48.